The van der Waals surface area contributed by atoms with Crippen molar-refractivity contribution < 1.29 is 4.74 Å². The number of ether oxygens (including phenoxy) is 1. The van der Waals surface area contributed by atoms with Crippen LogP contribution in [-0.2, 0) is 6.54 Å². The van der Waals surface area contributed by atoms with E-state index in [0.29, 0.717) is 12.5 Å². The Morgan fingerprint density at radius 2 is 1.93 bits per heavy atom. The van der Waals surface area contributed by atoms with E-state index in [2.05, 4.69) is 19.8 Å². The van der Waals surface area contributed by atoms with E-state index < -0.39 is 0 Å². The number of thiazole rings is 1. The molecule has 3 rings (SSSR count). The van der Waals surface area contributed by atoms with E-state index in [1.807, 2.05) is 56.6 Å². The van der Waals surface area contributed by atoms with Crippen LogP contribution in [0.1, 0.15) is 26.3 Å². The summed E-state index contributed by atoms with van der Waals surface area (Å²) < 4.78 is 6.03. The lowest BCUT2D eigenvalue weighted by atomic mass is 10.1. The largest absolute Gasteiger partial charge is 0.488 e. The highest BCUT2D eigenvalue weighted by Gasteiger charge is 2.20. The van der Waals surface area contributed by atoms with E-state index in [1.165, 1.54) is 0 Å². The lowest BCUT2D eigenvalue weighted by Gasteiger charge is -2.35. The monoisotopic (exact) mass is 501 g/mol. The van der Waals surface area contributed by atoms with Crippen molar-refractivity contribution in [1.82, 2.24) is 9.88 Å². The predicted molar refractivity (Wildman–Crippen MR) is 123 cm³/mol. The zero-order chi connectivity index (χ0) is 18.6. The summed E-state index contributed by atoms with van der Waals surface area (Å²) in [6.45, 7) is 10.2. The SMILES string of the molecule is CC(C)(C)Oc1ccccc1CN=C(N)N1CCN(c2nccs2)CC1.I. The quantitative estimate of drug-likeness (QED) is 0.394. The molecular formula is C19H28IN5OS. The Balaban J connectivity index is 0.00000261. The molecule has 0 unspecified atom stereocenters. The normalized spacial score (nSPS) is 15.4. The molecule has 1 aromatic carbocycles. The first-order valence-corrected chi connectivity index (χ1v) is 9.76. The number of para-hydroxylation sites is 1. The Hall–Kier alpha value is -1.55. The second-order valence-electron chi connectivity index (χ2n) is 7.29. The fraction of sp³-hybridized carbons (Fsp3) is 0.474. The minimum absolute atomic E-state index is 0. The summed E-state index contributed by atoms with van der Waals surface area (Å²) in [6.07, 6.45) is 1.85. The van der Waals surface area contributed by atoms with E-state index in [4.69, 9.17) is 10.5 Å². The third kappa shape index (κ3) is 6.24. The number of rotatable bonds is 4. The van der Waals surface area contributed by atoms with E-state index >= 15 is 0 Å². The van der Waals surface area contributed by atoms with Crippen molar-refractivity contribution in [2.75, 3.05) is 31.1 Å². The lowest BCUT2D eigenvalue weighted by Crippen LogP contribution is -2.51. The van der Waals surface area contributed by atoms with Gasteiger partial charge < -0.3 is 20.3 Å². The van der Waals surface area contributed by atoms with Gasteiger partial charge in [0.05, 0.1) is 6.54 Å². The summed E-state index contributed by atoms with van der Waals surface area (Å²) in [5, 5.41) is 3.09. The fourth-order valence-corrected chi connectivity index (χ4v) is 3.53. The number of halogens is 1. The third-order valence-corrected chi connectivity index (χ3v) is 4.93. The lowest BCUT2D eigenvalue weighted by molar-refractivity contribution is 0.129. The van der Waals surface area contributed by atoms with Crippen molar-refractivity contribution in [3.63, 3.8) is 0 Å². The molecule has 2 N–H and O–H groups in total. The van der Waals surface area contributed by atoms with Crippen LogP contribution in [0.4, 0.5) is 5.13 Å². The second-order valence-corrected chi connectivity index (χ2v) is 8.16. The van der Waals surface area contributed by atoms with Crippen LogP contribution < -0.4 is 15.4 Å². The van der Waals surface area contributed by atoms with Gasteiger partial charge >= 0.3 is 0 Å². The Morgan fingerprint density at radius 3 is 2.56 bits per heavy atom. The average Bonchev–Trinajstić information content (AvgIpc) is 3.14. The molecule has 0 saturated carbocycles. The van der Waals surface area contributed by atoms with Crippen molar-refractivity contribution in [3.8, 4) is 5.75 Å². The molecule has 0 radical (unpaired) electrons. The summed E-state index contributed by atoms with van der Waals surface area (Å²) in [5.74, 6) is 1.46. The van der Waals surface area contributed by atoms with Gasteiger partial charge in [0.25, 0.3) is 0 Å². The first-order chi connectivity index (χ1) is 12.4. The number of aromatic nitrogens is 1. The molecule has 1 fully saturated rings. The molecule has 1 saturated heterocycles. The molecule has 0 aliphatic carbocycles. The molecule has 148 valence electrons. The van der Waals surface area contributed by atoms with Gasteiger partial charge in [-0.25, -0.2) is 9.98 Å². The Morgan fingerprint density at radius 1 is 1.22 bits per heavy atom. The van der Waals surface area contributed by atoms with Gasteiger partial charge in [-0.05, 0) is 26.8 Å². The minimum atomic E-state index is -0.239. The van der Waals surface area contributed by atoms with Crippen molar-refractivity contribution >= 4 is 46.4 Å². The predicted octanol–water partition coefficient (Wildman–Crippen LogP) is 3.58. The summed E-state index contributed by atoms with van der Waals surface area (Å²) >= 11 is 1.67. The van der Waals surface area contributed by atoms with Gasteiger partial charge in [0.1, 0.15) is 11.4 Å². The average molecular weight is 501 g/mol. The highest BCUT2D eigenvalue weighted by Crippen LogP contribution is 2.24. The Bertz CT molecular complexity index is 737. The maximum atomic E-state index is 6.24. The summed E-state index contributed by atoms with van der Waals surface area (Å²) in [6, 6.07) is 8.01. The van der Waals surface area contributed by atoms with Crippen LogP contribution >= 0.6 is 35.3 Å². The van der Waals surface area contributed by atoms with E-state index in [1.54, 1.807) is 11.3 Å². The topological polar surface area (TPSA) is 67.0 Å². The van der Waals surface area contributed by atoms with Crippen LogP contribution in [0.25, 0.3) is 0 Å². The van der Waals surface area contributed by atoms with Gasteiger partial charge in [0.2, 0.25) is 0 Å². The molecule has 0 atom stereocenters. The van der Waals surface area contributed by atoms with Gasteiger partial charge in [-0.3, -0.25) is 0 Å². The summed E-state index contributed by atoms with van der Waals surface area (Å²) in [7, 11) is 0. The van der Waals surface area contributed by atoms with Crippen LogP contribution in [0.3, 0.4) is 0 Å². The van der Waals surface area contributed by atoms with Crippen LogP contribution in [-0.4, -0.2) is 47.6 Å². The van der Waals surface area contributed by atoms with Gasteiger partial charge in [-0.15, -0.1) is 35.3 Å². The van der Waals surface area contributed by atoms with Crippen molar-refractivity contribution in [3.05, 3.63) is 41.4 Å². The van der Waals surface area contributed by atoms with Crippen LogP contribution in [0.5, 0.6) is 5.75 Å². The highest BCUT2D eigenvalue weighted by atomic mass is 127. The number of hydrogen-bond acceptors (Lipinski definition) is 5. The van der Waals surface area contributed by atoms with Gasteiger partial charge in [-0.2, -0.15) is 0 Å². The van der Waals surface area contributed by atoms with Gasteiger partial charge in [-0.1, -0.05) is 18.2 Å². The number of piperazine rings is 1. The number of guanidine groups is 1. The first kappa shape index (κ1) is 21.7. The maximum absolute atomic E-state index is 6.24. The van der Waals surface area contributed by atoms with Gasteiger partial charge in [0.15, 0.2) is 11.1 Å². The van der Waals surface area contributed by atoms with E-state index in [-0.39, 0.29) is 29.6 Å². The molecule has 0 amide bonds. The minimum Gasteiger partial charge on any atom is -0.488 e. The molecule has 6 nitrogen and oxygen atoms in total. The molecule has 27 heavy (non-hydrogen) atoms. The van der Waals surface area contributed by atoms with Crippen LogP contribution in [0.2, 0.25) is 0 Å². The summed E-state index contributed by atoms with van der Waals surface area (Å²) in [4.78, 5) is 13.4. The fourth-order valence-electron chi connectivity index (χ4n) is 2.83. The van der Waals surface area contributed by atoms with E-state index in [9.17, 15) is 0 Å². The number of nitrogens with zero attached hydrogens (tertiary/aromatic N) is 4. The molecule has 2 aromatic rings. The summed E-state index contributed by atoms with van der Waals surface area (Å²) in [5.41, 5.74) is 7.05. The molecule has 1 aliphatic rings. The van der Waals surface area contributed by atoms with Crippen molar-refractivity contribution in [2.45, 2.75) is 32.9 Å². The highest BCUT2D eigenvalue weighted by molar-refractivity contribution is 14.0. The smallest absolute Gasteiger partial charge is 0.191 e. The molecule has 2 heterocycles. The Kier molecular flexibility index (Phi) is 7.72. The van der Waals surface area contributed by atoms with Crippen molar-refractivity contribution in [1.29, 1.82) is 0 Å². The molecule has 1 aromatic heterocycles. The maximum Gasteiger partial charge on any atom is 0.191 e. The van der Waals surface area contributed by atoms with Crippen molar-refractivity contribution in [2.24, 2.45) is 10.7 Å². The zero-order valence-electron chi connectivity index (χ0n) is 16.1. The zero-order valence-corrected chi connectivity index (χ0v) is 19.2. The third-order valence-electron chi connectivity index (χ3n) is 4.09. The number of anilines is 1. The van der Waals surface area contributed by atoms with Gasteiger partial charge in [0, 0.05) is 43.3 Å². The standard InChI is InChI=1S/C19H27N5OS.HI/c1-19(2,3)25-16-7-5-4-6-15(16)14-22-17(20)23-9-11-24(12-10-23)18-21-8-13-26-18;/h4-8,13H,9-12,14H2,1-3H3,(H2,20,22);1H. The Labute approximate surface area is 182 Å². The van der Waals surface area contributed by atoms with E-state index in [0.717, 1.165) is 42.6 Å². The molecule has 0 bridgehead atoms. The van der Waals surface area contributed by atoms with Crippen LogP contribution in [0, 0.1) is 0 Å². The number of benzene rings is 1. The number of nitrogens with two attached hydrogens (primary N) is 1. The second kappa shape index (κ2) is 9.59. The number of aliphatic imine (C=N–C) groups is 1. The van der Waals surface area contributed by atoms with Crippen LogP contribution in [0.15, 0.2) is 40.8 Å². The first-order valence-electron chi connectivity index (χ1n) is 8.88. The molecule has 0 spiro atoms. The molecule has 1 aliphatic heterocycles. The number of hydrogen-bond donors (Lipinski definition) is 1. The molecular weight excluding hydrogens is 473 g/mol. The molecule has 8 heteroatoms.